The van der Waals surface area contributed by atoms with Crippen molar-refractivity contribution in [3.8, 4) is 0 Å². The fraction of sp³-hybridized carbons (Fsp3) is 0.462. The number of amides is 1. The van der Waals surface area contributed by atoms with Crippen LogP contribution in [0.3, 0.4) is 0 Å². The van der Waals surface area contributed by atoms with E-state index in [9.17, 15) is 14.9 Å². The molecule has 0 radical (unpaired) electrons. The molecule has 0 fully saturated rings. The summed E-state index contributed by atoms with van der Waals surface area (Å²) in [4.78, 5) is 22.5. The molecule has 0 spiro atoms. The van der Waals surface area contributed by atoms with Gasteiger partial charge in [-0.15, -0.1) is 0 Å². The lowest BCUT2D eigenvalue weighted by molar-refractivity contribution is -0.385. The third kappa shape index (κ3) is 3.51. The third-order valence-corrected chi connectivity index (χ3v) is 3.17. The van der Waals surface area contributed by atoms with Crippen LogP contribution >= 0.6 is 0 Å². The van der Waals surface area contributed by atoms with Crippen LogP contribution in [0, 0.1) is 23.0 Å². The van der Waals surface area contributed by atoms with Gasteiger partial charge >= 0.3 is 0 Å². The van der Waals surface area contributed by atoms with Gasteiger partial charge in [0.05, 0.1) is 4.92 Å². The minimum atomic E-state index is -0.551. The zero-order valence-electron chi connectivity index (χ0n) is 11.2. The second kappa shape index (κ2) is 6.29. The van der Waals surface area contributed by atoms with Gasteiger partial charge in [-0.05, 0) is 25.8 Å². The van der Waals surface area contributed by atoms with Crippen molar-refractivity contribution in [2.45, 2.75) is 26.8 Å². The number of rotatable bonds is 5. The van der Waals surface area contributed by atoms with E-state index in [4.69, 9.17) is 5.11 Å². The Morgan fingerprint density at radius 3 is 2.63 bits per heavy atom. The number of aliphatic hydroxyl groups is 1. The highest BCUT2D eigenvalue weighted by atomic mass is 16.6. The Balaban J connectivity index is 3.01. The molecule has 0 heterocycles. The molecule has 0 bridgehead atoms. The number of hydrogen-bond acceptors (Lipinski definition) is 4. The summed E-state index contributed by atoms with van der Waals surface area (Å²) in [5.41, 5.74) is 0.311. The summed E-state index contributed by atoms with van der Waals surface area (Å²) >= 11 is 0. The SMILES string of the molecule is Cc1cccc(C(=O)NC(C)C(C)CO)c1[N+](=O)[O-]. The normalized spacial score (nSPS) is 13.7. The highest BCUT2D eigenvalue weighted by molar-refractivity contribution is 5.98. The molecule has 6 heteroatoms. The monoisotopic (exact) mass is 266 g/mol. The largest absolute Gasteiger partial charge is 0.396 e. The highest BCUT2D eigenvalue weighted by Crippen LogP contribution is 2.23. The zero-order valence-corrected chi connectivity index (χ0v) is 11.2. The molecule has 6 nitrogen and oxygen atoms in total. The van der Waals surface area contributed by atoms with E-state index >= 15 is 0 Å². The minimum Gasteiger partial charge on any atom is -0.396 e. The quantitative estimate of drug-likeness (QED) is 0.626. The summed E-state index contributed by atoms with van der Waals surface area (Å²) in [5, 5.41) is 22.7. The molecule has 0 saturated heterocycles. The van der Waals surface area contributed by atoms with Gasteiger partial charge in [0, 0.05) is 18.2 Å². The number of para-hydroxylation sites is 1. The van der Waals surface area contributed by atoms with E-state index in [0.29, 0.717) is 5.56 Å². The van der Waals surface area contributed by atoms with Crippen LogP contribution in [-0.2, 0) is 0 Å². The molecule has 0 aliphatic heterocycles. The van der Waals surface area contributed by atoms with Gasteiger partial charge in [-0.3, -0.25) is 14.9 Å². The van der Waals surface area contributed by atoms with E-state index in [1.165, 1.54) is 6.07 Å². The van der Waals surface area contributed by atoms with Crippen LogP contribution < -0.4 is 5.32 Å². The first-order valence-corrected chi connectivity index (χ1v) is 6.04. The molecule has 0 aromatic heterocycles. The number of hydrogen-bond donors (Lipinski definition) is 2. The highest BCUT2D eigenvalue weighted by Gasteiger charge is 2.24. The van der Waals surface area contributed by atoms with Crippen molar-refractivity contribution < 1.29 is 14.8 Å². The van der Waals surface area contributed by atoms with Gasteiger partial charge in [0.2, 0.25) is 0 Å². The molecule has 2 N–H and O–H groups in total. The van der Waals surface area contributed by atoms with Crippen LogP contribution in [-0.4, -0.2) is 28.6 Å². The van der Waals surface area contributed by atoms with Crippen molar-refractivity contribution in [3.05, 3.63) is 39.4 Å². The third-order valence-electron chi connectivity index (χ3n) is 3.17. The second-order valence-corrected chi connectivity index (χ2v) is 4.65. The van der Waals surface area contributed by atoms with Gasteiger partial charge in [0.15, 0.2) is 0 Å². The first-order chi connectivity index (χ1) is 8.88. The molecular weight excluding hydrogens is 248 g/mol. The van der Waals surface area contributed by atoms with Crippen molar-refractivity contribution in [1.82, 2.24) is 5.32 Å². The molecule has 1 aromatic rings. The van der Waals surface area contributed by atoms with Crippen molar-refractivity contribution >= 4 is 11.6 Å². The number of aryl methyl sites for hydroxylation is 1. The maximum absolute atomic E-state index is 12.1. The molecule has 0 aliphatic rings. The smallest absolute Gasteiger partial charge is 0.285 e. The van der Waals surface area contributed by atoms with Crippen molar-refractivity contribution in [2.75, 3.05) is 6.61 Å². The van der Waals surface area contributed by atoms with Gasteiger partial charge in [-0.25, -0.2) is 0 Å². The second-order valence-electron chi connectivity index (χ2n) is 4.65. The van der Waals surface area contributed by atoms with Crippen molar-refractivity contribution in [1.29, 1.82) is 0 Å². The number of nitro groups is 1. The van der Waals surface area contributed by atoms with Crippen molar-refractivity contribution in [3.63, 3.8) is 0 Å². The Hall–Kier alpha value is -1.95. The Labute approximate surface area is 111 Å². The van der Waals surface area contributed by atoms with E-state index in [1.54, 1.807) is 32.9 Å². The van der Waals surface area contributed by atoms with E-state index in [2.05, 4.69) is 5.32 Å². The summed E-state index contributed by atoms with van der Waals surface area (Å²) in [6.45, 7) is 5.07. The van der Waals surface area contributed by atoms with Gasteiger partial charge < -0.3 is 10.4 Å². The molecule has 2 atom stereocenters. The summed E-state index contributed by atoms with van der Waals surface area (Å²) < 4.78 is 0. The topological polar surface area (TPSA) is 92.5 Å². The molecule has 1 amide bonds. The van der Waals surface area contributed by atoms with E-state index in [-0.39, 0.29) is 29.8 Å². The lowest BCUT2D eigenvalue weighted by Crippen LogP contribution is -2.38. The molecule has 0 aliphatic carbocycles. The molecule has 0 saturated carbocycles. The van der Waals surface area contributed by atoms with E-state index in [0.717, 1.165) is 0 Å². The summed E-state index contributed by atoms with van der Waals surface area (Å²) in [6.07, 6.45) is 0. The lowest BCUT2D eigenvalue weighted by Gasteiger charge is -2.19. The Bertz CT molecular complexity index is 488. The maximum atomic E-state index is 12.1. The molecular formula is C13H18N2O4. The van der Waals surface area contributed by atoms with Gasteiger partial charge in [0.25, 0.3) is 11.6 Å². The lowest BCUT2D eigenvalue weighted by atomic mass is 10.0. The maximum Gasteiger partial charge on any atom is 0.285 e. The van der Waals surface area contributed by atoms with Gasteiger partial charge in [0.1, 0.15) is 5.56 Å². The number of carbonyl (C=O) groups is 1. The van der Waals surface area contributed by atoms with Crippen LogP contribution in [0.2, 0.25) is 0 Å². The van der Waals surface area contributed by atoms with Crippen LogP contribution in [0.5, 0.6) is 0 Å². The minimum absolute atomic E-state index is 0.0435. The zero-order chi connectivity index (χ0) is 14.6. The summed E-state index contributed by atoms with van der Waals surface area (Å²) in [6, 6.07) is 4.36. The predicted octanol–water partition coefficient (Wildman–Crippen LogP) is 1.65. The molecule has 2 unspecified atom stereocenters. The first kappa shape index (κ1) is 15.1. The van der Waals surface area contributed by atoms with Crippen molar-refractivity contribution in [2.24, 2.45) is 5.92 Å². The number of nitrogens with one attached hydrogen (secondary N) is 1. The van der Waals surface area contributed by atoms with Gasteiger partial charge in [-0.2, -0.15) is 0 Å². The number of nitro benzene ring substituents is 1. The first-order valence-electron chi connectivity index (χ1n) is 6.04. The predicted molar refractivity (Wildman–Crippen MR) is 71.0 cm³/mol. The Morgan fingerprint density at radius 1 is 1.47 bits per heavy atom. The summed E-state index contributed by atoms with van der Waals surface area (Å²) in [7, 11) is 0. The van der Waals surface area contributed by atoms with Gasteiger partial charge in [-0.1, -0.05) is 19.1 Å². The van der Waals surface area contributed by atoms with E-state index < -0.39 is 10.8 Å². The number of benzene rings is 1. The number of nitrogens with zero attached hydrogens (tertiary/aromatic N) is 1. The van der Waals surface area contributed by atoms with Crippen LogP contribution in [0.4, 0.5) is 5.69 Å². The fourth-order valence-corrected chi connectivity index (χ4v) is 1.67. The number of aliphatic hydroxyl groups excluding tert-OH is 1. The molecule has 19 heavy (non-hydrogen) atoms. The molecule has 104 valence electrons. The average Bonchev–Trinajstić information content (AvgIpc) is 2.36. The summed E-state index contributed by atoms with van der Waals surface area (Å²) in [5.74, 6) is -0.615. The van der Waals surface area contributed by atoms with Crippen LogP contribution in [0.15, 0.2) is 18.2 Å². The van der Waals surface area contributed by atoms with Crippen LogP contribution in [0.1, 0.15) is 29.8 Å². The van der Waals surface area contributed by atoms with Crippen LogP contribution in [0.25, 0.3) is 0 Å². The number of carbonyl (C=O) groups excluding carboxylic acids is 1. The standard InChI is InChI=1S/C13H18N2O4/c1-8-5-4-6-11(12(8)15(18)19)13(17)14-10(3)9(2)7-16/h4-6,9-10,16H,7H2,1-3H3,(H,14,17). The molecule has 1 aromatic carbocycles. The molecule has 1 rings (SSSR count). The van der Waals surface area contributed by atoms with E-state index in [1.807, 2.05) is 0 Å². The Morgan fingerprint density at radius 2 is 2.11 bits per heavy atom. The Kier molecular flexibility index (Phi) is 5.00. The fourth-order valence-electron chi connectivity index (χ4n) is 1.67. The average molecular weight is 266 g/mol.